The highest BCUT2D eigenvalue weighted by atomic mass is 16.4. The Balaban J connectivity index is 4.09. The molecule has 0 aromatic carbocycles. The summed E-state index contributed by atoms with van der Waals surface area (Å²) in [6, 6.07) is 0.182. The van der Waals surface area contributed by atoms with Crippen molar-refractivity contribution in [1.29, 1.82) is 0 Å². The van der Waals surface area contributed by atoms with Crippen LogP contribution in [0.15, 0.2) is 0 Å². The van der Waals surface area contributed by atoms with Gasteiger partial charge in [-0.05, 0) is 13.3 Å². The molecule has 14 heavy (non-hydrogen) atoms. The van der Waals surface area contributed by atoms with Gasteiger partial charge in [0, 0.05) is 12.6 Å². The SMILES string of the molecule is CCC(C)N(CCC(=O)O)CC(N)=O. The third-order valence-electron chi connectivity index (χ3n) is 2.19. The first-order valence-corrected chi connectivity index (χ1v) is 4.71. The zero-order valence-electron chi connectivity index (χ0n) is 8.69. The minimum absolute atomic E-state index is 0.0393. The Morgan fingerprint density at radius 3 is 2.43 bits per heavy atom. The fourth-order valence-corrected chi connectivity index (χ4v) is 1.15. The molecule has 0 aliphatic carbocycles. The molecule has 5 nitrogen and oxygen atoms in total. The van der Waals surface area contributed by atoms with E-state index in [1.165, 1.54) is 0 Å². The maximum atomic E-state index is 10.7. The van der Waals surface area contributed by atoms with Crippen LogP contribution in [-0.4, -0.2) is 41.0 Å². The second-order valence-electron chi connectivity index (χ2n) is 3.34. The van der Waals surface area contributed by atoms with Crippen LogP contribution in [0.25, 0.3) is 0 Å². The summed E-state index contributed by atoms with van der Waals surface area (Å²) in [7, 11) is 0. The Kier molecular flexibility index (Phi) is 5.87. The van der Waals surface area contributed by atoms with Crippen molar-refractivity contribution in [3.05, 3.63) is 0 Å². The zero-order valence-corrected chi connectivity index (χ0v) is 8.69. The molecule has 0 aliphatic heterocycles. The first kappa shape index (κ1) is 12.9. The topological polar surface area (TPSA) is 83.6 Å². The van der Waals surface area contributed by atoms with E-state index in [-0.39, 0.29) is 19.0 Å². The van der Waals surface area contributed by atoms with Crippen LogP contribution in [-0.2, 0) is 9.59 Å². The van der Waals surface area contributed by atoms with E-state index in [0.717, 1.165) is 6.42 Å². The van der Waals surface area contributed by atoms with E-state index in [9.17, 15) is 9.59 Å². The molecular formula is C9H18N2O3. The van der Waals surface area contributed by atoms with Crippen molar-refractivity contribution >= 4 is 11.9 Å². The molecule has 0 saturated carbocycles. The van der Waals surface area contributed by atoms with Gasteiger partial charge in [-0.3, -0.25) is 14.5 Å². The maximum Gasteiger partial charge on any atom is 0.304 e. The summed E-state index contributed by atoms with van der Waals surface area (Å²) in [5.74, 6) is -1.28. The van der Waals surface area contributed by atoms with Gasteiger partial charge in [-0.25, -0.2) is 0 Å². The standard InChI is InChI=1S/C9H18N2O3/c1-3-7(2)11(6-8(10)12)5-4-9(13)14/h7H,3-6H2,1-2H3,(H2,10,12)(H,13,14). The number of carboxylic acids is 1. The number of hydrogen-bond donors (Lipinski definition) is 2. The smallest absolute Gasteiger partial charge is 0.304 e. The van der Waals surface area contributed by atoms with E-state index in [1.54, 1.807) is 4.90 Å². The molecule has 0 spiro atoms. The van der Waals surface area contributed by atoms with E-state index in [1.807, 2.05) is 13.8 Å². The Bertz CT molecular complexity index is 206. The number of carboxylic acid groups (broad SMARTS) is 1. The molecule has 0 fully saturated rings. The largest absolute Gasteiger partial charge is 0.481 e. The highest BCUT2D eigenvalue weighted by Gasteiger charge is 2.15. The molecule has 82 valence electrons. The summed E-state index contributed by atoms with van der Waals surface area (Å²) >= 11 is 0. The van der Waals surface area contributed by atoms with E-state index in [2.05, 4.69) is 0 Å². The van der Waals surface area contributed by atoms with Crippen LogP contribution in [0.2, 0.25) is 0 Å². The third-order valence-corrected chi connectivity index (χ3v) is 2.19. The van der Waals surface area contributed by atoms with Gasteiger partial charge in [-0.2, -0.15) is 0 Å². The lowest BCUT2D eigenvalue weighted by Crippen LogP contribution is -2.40. The normalized spacial score (nSPS) is 12.8. The van der Waals surface area contributed by atoms with Gasteiger partial charge in [-0.1, -0.05) is 6.92 Å². The van der Waals surface area contributed by atoms with Crippen molar-refractivity contribution in [2.45, 2.75) is 32.7 Å². The van der Waals surface area contributed by atoms with Gasteiger partial charge in [0.2, 0.25) is 5.91 Å². The Labute approximate surface area is 83.9 Å². The molecular weight excluding hydrogens is 184 g/mol. The second kappa shape index (κ2) is 6.37. The van der Waals surface area contributed by atoms with E-state index >= 15 is 0 Å². The number of nitrogens with two attached hydrogens (primary N) is 1. The Hall–Kier alpha value is -1.10. The first-order chi connectivity index (χ1) is 6.47. The number of primary amides is 1. The summed E-state index contributed by atoms with van der Waals surface area (Å²) in [6.45, 7) is 4.43. The average molecular weight is 202 g/mol. The van der Waals surface area contributed by atoms with Gasteiger partial charge in [0.15, 0.2) is 0 Å². The van der Waals surface area contributed by atoms with Gasteiger partial charge in [0.25, 0.3) is 0 Å². The fraction of sp³-hybridized carbons (Fsp3) is 0.778. The average Bonchev–Trinajstić information content (AvgIpc) is 2.10. The van der Waals surface area contributed by atoms with Gasteiger partial charge in [-0.15, -0.1) is 0 Å². The van der Waals surface area contributed by atoms with Crippen LogP contribution in [0.5, 0.6) is 0 Å². The third kappa shape index (κ3) is 5.53. The highest BCUT2D eigenvalue weighted by molar-refractivity contribution is 5.76. The second-order valence-corrected chi connectivity index (χ2v) is 3.34. The molecule has 0 aromatic rings. The fourth-order valence-electron chi connectivity index (χ4n) is 1.15. The number of hydrogen-bond acceptors (Lipinski definition) is 3. The number of nitrogens with zero attached hydrogens (tertiary/aromatic N) is 1. The van der Waals surface area contributed by atoms with Crippen LogP contribution in [0.1, 0.15) is 26.7 Å². The van der Waals surface area contributed by atoms with Gasteiger partial charge in [0.1, 0.15) is 0 Å². The number of aliphatic carboxylic acids is 1. The summed E-state index contributed by atoms with van der Waals surface area (Å²) < 4.78 is 0. The molecule has 0 heterocycles. The molecule has 0 aliphatic rings. The monoisotopic (exact) mass is 202 g/mol. The molecule has 0 rings (SSSR count). The minimum Gasteiger partial charge on any atom is -0.481 e. The zero-order chi connectivity index (χ0) is 11.1. The summed E-state index contributed by atoms with van der Waals surface area (Å²) in [5.41, 5.74) is 5.06. The quantitative estimate of drug-likeness (QED) is 0.611. The van der Waals surface area contributed by atoms with Crippen molar-refractivity contribution in [3.63, 3.8) is 0 Å². The van der Waals surface area contributed by atoms with Crippen LogP contribution < -0.4 is 5.73 Å². The maximum absolute atomic E-state index is 10.7. The molecule has 0 radical (unpaired) electrons. The van der Waals surface area contributed by atoms with E-state index < -0.39 is 11.9 Å². The van der Waals surface area contributed by atoms with Crippen molar-refractivity contribution in [2.24, 2.45) is 5.73 Å². The molecule has 1 unspecified atom stereocenters. The molecule has 0 aromatic heterocycles. The predicted octanol–water partition coefficient (Wildman–Crippen LogP) is 0.0469. The molecule has 1 amide bonds. The lowest BCUT2D eigenvalue weighted by molar-refractivity contribution is -0.137. The van der Waals surface area contributed by atoms with Gasteiger partial charge >= 0.3 is 5.97 Å². The van der Waals surface area contributed by atoms with Gasteiger partial charge < -0.3 is 10.8 Å². The highest BCUT2D eigenvalue weighted by Crippen LogP contribution is 2.03. The Morgan fingerprint density at radius 2 is 2.07 bits per heavy atom. The van der Waals surface area contributed by atoms with Crippen molar-refractivity contribution in [1.82, 2.24) is 4.90 Å². The molecule has 3 N–H and O–H groups in total. The molecule has 1 atom stereocenters. The van der Waals surface area contributed by atoms with Crippen LogP contribution >= 0.6 is 0 Å². The summed E-state index contributed by atoms with van der Waals surface area (Å²) in [6.07, 6.45) is 0.907. The predicted molar refractivity (Wildman–Crippen MR) is 52.8 cm³/mol. The van der Waals surface area contributed by atoms with Crippen LogP contribution in [0.3, 0.4) is 0 Å². The van der Waals surface area contributed by atoms with Crippen LogP contribution in [0.4, 0.5) is 0 Å². The summed E-state index contributed by atoms with van der Waals surface area (Å²) in [5, 5.41) is 8.51. The van der Waals surface area contributed by atoms with E-state index in [4.69, 9.17) is 10.8 Å². The van der Waals surface area contributed by atoms with Crippen molar-refractivity contribution in [2.75, 3.05) is 13.1 Å². The van der Waals surface area contributed by atoms with Crippen LogP contribution in [0, 0.1) is 0 Å². The summed E-state index contributed by atoms with van der Waals surface area (Å²) in [4.78, 5) is 22.9. The van der Waals surface area contributed by atoms with E-state index in [0.29, 0.717) is 6.54 Å². The van der Waals surface area contributed by atoms with Crippen molar-refractivity contribution in [3.8, 4) is 0 Å². The van der Waals surface area contributed by atoms with Crippen molar-refractivity contribution < 1.29 is 14.7 Å². The number of amides is 1. The molecule has 0 bridgehead atoms. The first-order valence-electron chi connectivity index (χ1n) is 4.71. The number of rotatable bonds is 7. The minimum atomic E-state index is -0.859. The molecule has 5 heteroatoms. The number of carbonyl (C=O) groups excluding carboxylic acids is 1. The van der Waals surface area contributed by atoms with Gasteiger partial charge in [0.05, 0.1) is 13.0 Å². The number of carbonyl (C=O) groups is 2. The lowest BCUT2D eigenvalue weighted by atomic mass is 10.2. The Morgan fingerprint density at radius 1 is 1.50 bits per heavy atom. The lowest BCUT2D eigenvalue weighted by Gasteiger charge is -2.26. The molecule has 0 saturated heterocycles.